The van der Waals surface area contributed by atoms with Crippen LogP contribution in [0.2, 0.25) is 0 Å². The number of aromatic amines is 1. The molecule has 1 amide bonds. The standard InChI is InChI=1S/C30H31N3O4/c1-2-35-25-14-11-23(12-15-25)24-13-16-26-27(20-24)32-28(31-26)19-22-8-6-21(7-9-22)10-17-29(34)33-37-30-5-3-4-18-36-30/h6-17,20,30H,2-5,18-19H2,1H3,(H,31,32)(H,33,34)/b17-10+. The second kappa shape index (κ2) is 11.9. The third-order valence-electron chi connectivity index (χ3n) is 6.24. The number of H-pyrrole nitrogens is 1. The predicted octanol–water partition coefficient (Wildman–Crippen LogP) is 5.81. The van der Waals surface area contributed by atoms with Crippen LogP contribution >= 0.6 is 0 Å². The van der Waals surface area contributed by atoms with Crippen LogP contribution in [0.15, 0.2) is 72.8 Å². The molecule has 1 aliphatic heterocycles. The molecule has 190 valence electrons. The van der Waals surface area contributed by atoms with Crippen molar-refractivity contribution in [2.45, 2.75) is 38.9 Å². The van der Waals surface area contributed by atoms with Gasteiger partial charge in [0.2, 0.25) is 0 Å². The molecule has 2 N–H and O–H groups in total. The molecule has 0 radical (unpaired) electrons. The van der Waals surface area contributed by atoms with E-state index in [4.69, 9.17) is 19.3 Å². The molecule has 0 saturated carbocycles. The summed E-state index contributed by atoms with van der Waals surface area (Å²) >= 11 is 0. The molecule has 4 aromatic rings. The summed E-state index contributed by atoms with van der Waals surface area (Å²) < 4.78 is 11.0. The van der Waals surface area contributed by atoms with E-state index in [1.807, 2.05) is 49.4 Å². The highest BCUT2D eigenvalue weighted by atomic mass is 16.8. The van der Waals surface area contributed by atoms with Crippen molar-refractivity contribution in [2.75, 3.05) is 13.2 Å². The molecular weight excluding hydrogens is 466 g/mol. The molecule has 1 aromatic heterocycles. The van der Waals surface area contributed by atoms with Gasteiger partial charge in [0.1, 0.15) is 11.6 Å². The first-order valence-electron chi connectivity index (χ1n) is 12.7. The summed E-state index contributed by atoms with van der Waals surface area (Å²) in [5.41, 5.74) is 8.70. The summed E-state index contributed by atoms with van der Waals surface area (Å²) in [7, 11) is 0. The highest BCUT2D eigenvalue weighted by molar-refractivity contribution is 5.91. The quantitative estimate of drug-likeness (QED) is 0.225. The van der Waals surface area contributed by atoms with Crippen molar-refractivity contribution < 1.29 is 19.1 Å². The normalized spacial score (nSPS) is 15.8. The predicted molar refractivity (Wildman–Crippen MR) is 144 cm³/mol. The number of fused-ring (bicyclic) bond motifs is 1. The second-order valence-corrected chi connectivity index (χ2v) is 9.00. The second-order valence-electron chi connectivity index (χ2n) is 9.00. The Kier molecular flexibility index (Phi) is 7.93. The number of rotatable bonds is 9. The van der Waals surface area contributed by atoms with Gasteiger partial charge in [0.25, 0.3) is 5.91 Å². The summed E-state index contributed by atoms with van der Waals surface area (Å²) in [6, 6.07) is 22.4. The Morgan fingerprint density at radius 3 is 2.65 bits per heavy atom. The van der Waals surface area contributed by atoms with E-state index in [9.17, 15) is 4.79 Å². The van der Waals surface area contributed by atoms with E-state index in [1.54, 1.807) is 6.08 Å². The van der Waals surface area contributed by atoms with E-state index < -0.39 is 0 Å². The monoisotopic (exact) mass is 497 g/mol. The van der Waals surface area contributed by atoms with Crippen LogP contribution < -0.4 is 10.2 Å². The Labute approximate surface area is 216 Å². The van der Waals surface area contributed by atoms with Gasteiger partial charge >= 0.3 is 0 Å². The smallest absolute Gasteiger partial charge is 0.267 e. The Balaban J connectivity index is 1.18. The lowest BCUT2D eigenvalue weighted by molar-refractivity contribution is -0.198. The van der Waals surface area contributed by atoms with Crippen molar-refractivity contribution in [1.29, 1.82) is 0 Å². The molecule has 5 rings (SSSR count). The van der Waals surface area contributed by atoms with Gasteiger partial charge in [-0.15, -0.1) is 0 Å². The number of hydrogen-bond acceptors (Lipinski definition) is 5. The summed E-state index contributed by atoms with van der Waals surface area (Å²) in [5.74, 6) is 1.47. The number of carbonyl (C=O) groups is 1. The topological polar surface area (TPSA) is 85.5 Å². The van der Waals surface area contributed by atoms with Gasteiger partial charge in [-0.05, 0) is 72.4 Å². The van der Waals surface area contributed by atoms with Crippen LogP contribution in [0.3, 0.4) is 0 Å². The van der Waals surface area contributed by atoms with Crippen LogP contribution in [0, 0.1) is 0 Å². The van der Waals surface area contributed by atoms with Crippen LogP contribution in [0.1, 0.15) is 43.1 Å². The number of carbonyl (C=O) groups excluding carboxylic acids is 1. The maximum atomic E-state index is 12.0. The highest BCUT2D eigenvalue weighted by Gasteiger charge is 2.15. The van der Waals surface area contributed by atoms with E-state index in [0.29, 0.717) is 19.6 Å². The number of amides is 1. The molecule has 1 unspecified atom stereocenters. The molecule has 1 saturated heterocycles. The number of benzene rings is 3. The molecule has 0 spiro atoms. The van der Waals surface area contributed by atoms with E-state index >= 15 is 0 Å². The van der Waals surface area contributed by atoms with Crippen LogP contribution in [-0.4, -0.2) is 35.4 Å². The minimum atomic E-state index is -0.359. The Bertz CT molecular complexity index is 1350. The molecule has 7 heteroatoms. The SMILES string of the molecule is CCOc1ccc(-c2ccc3nc(Cc4ccc(/C=C/C(=O)NOC5CCCCO5)cc4)[nH]c3c2)cc1. The van der Waals surface area contributed by atoms with Crippen molar-refractivity contribution >= 4 is 23.0 Å². The molecule has 1 fully saturated rings. The lowest BCUT2D eigenvalue weighted by Crippen LogP contribution is -2.32. The molecule has 7 nitrogen and oxygen atoms in total. The Morgan fingerprint density at radius 2 is 1.89 bits per heavy atom. The summed E-state index contributed by atoms with van der Waals surface area (Å²) in [4.78, 5) is 25.5. The third kappa shape index (κ3) is 6.64. The lowest BCUT2D eigenvalue weighted by atomic mass is 10.1. The fraction of sp³-hybridized carbons (Fsp3) is 0.267. The van der Waals surface area contributed by atoms with Gasteiger partial charge in [-0.2, -0.15) is 0 Å². The maximum Gasteiger partial charge on any atom is 0.267 e. The Morgan fingerprint density at radius 1 is 1.08 bits per heavy atom. The fourth-order valence-corrected chi connectivity index (χ4v) is 4.31. The number of imidazole rings is 1. The molecule has 2 heterocycles. The van der Waals surface area contributed by atoms with Gasteiger partial charge in [-0.25, -0.2) is 15.3 Å². The number of aromatic nitrogens is 2. The fourth-order valence-electron chi connectivity index (χ4n) is 4.31. The highest BCUT2D eigenvalue weighted by Crippen LogP contribution is 2.26. The van der Waals surface area contributed by atoms with Crippen molar-refractivity contribution in [1.82, 2.24) is 15.4 Å². The van der Waals surface area contributed by atoms with E-state index in [0.717, 1.165) is 64.1 Å². The average molecular weight is 498 g/mol. The minimum Gasteiger partial charge on any atom is -0.494 e. The van der Waals surface area contributed by atoms with Gasteiger partial charge in [-0.3, -0.25) is 4.79 Å². The molecule has 1 aliphatic rings. The molecule has 1 atom stereocenters. The van der Waals surface area contributed by atoms with Crippen LogP contribution in [-0.2, 0) is 20.8 Å². The Hall–Kier alpha value is -3.94. The lowest BCUT2D eigenvalue weighted by Gasteiger charge is -2.21. The zero-order valence-corrected chi connectivity index (χ0v) is 20.9. The van der Waals surface area contributed by atoms with Gasteiger partial charge < -0.3 is 14.5 Å². The van der Waals surface area contributed by atoms with Gasteiger partial charge in [0.05, 0.1) is 17.6 Å². The molecule has 37 heavy (non-hydrogen) atoms. The first kappa shape index (κ1) is 24.7. The first-order chi connectivity index (χ1) is 18.2. The summed E-state index contributed by atoms with van der Waals surface area (Å²) in [6.07, 6.45) is 6.41. The van der Waals surface area contributed by atoms with Crippen LogP contribution in [0.4, 0.5) is 0 Å². The van der Waals surface area contributed by atoms with Crippen molar-refractivity contribution in [3.8, 4) is 16.9 Å². The van der Waals surface area contributed by atoms with Crippen molar-refractivity contribution in [3.05, 3.63) is 89.8 Å². The molecule has 0 bridgehead atoms. The third-order valence-corrected chi connectivity index (χ3v) is 6.24. The van der Waals surface area contributed by atoms with Crippen molar-refractivity contribution in [3.63, 3.8) is 0 Å². The molecule has 0 aliphatic carbocycles. The first-order valence-corrected chi connectivity index (χ1v) is 12.7. The van der Waals surface area contributed by atoms with E-state index in [-0.39, 0.29) is 12.2 Å². The summed E-state index contributed by atoms with van der Waals surface area (Å²) in [5, 5.41) is 0. The van der Waals surface area contributed by atoms with Gasteiger partial charge in [0, 0.05) is 25.5 Å². The maximum absolute atomic E-state index is 12.0. The van der Waals surface area contributed by atoms with E-state index in [1.165, 1.54) is 6.08 Å². The minimum absolute atomic E-state index is 0.315. The van der Waals surface area contributed by atoms with Gasteiger partial charge in [-0.1, -0.05) is 42.5 Å². The summed E-state index contributed by atoms with van der Waals surface area (Å²) in [6.45, 7) is 3.31. The number of hydrogen-bond donors (Lipinski definition) is 2. The van der Waals surface area contributed by atoms with Crippen LogP contribution in [0.5, 0.6) is 5.75 Å². The molecular formula is C30H31N3O4. The number of ether oxygens (including phenoxy) is 2. The van der Waals surface area contributed by atoms with Crippen molar-refractivity contribution in [2.24, 2.45) is 0 Å². The zero-order chi connectivity index (χ0) is 25.5. The number of nitrogens with zero attached hydrogens (tertiary/aromatic N) is 1. The number of hydroxylamine groups is 1. The van der Waals surface area contributed by atoms with E-state index in [2.05, 4.69) is 34.7 Å². The average Bonchev–Trinajstić information content (AvgIpc) is 3.34. The zero-order valence-electron chi connectivity index (χ0n) is 20.9. The molecule has 3 aromatic carbocycles. The van der Waals surface area contributed by atoms with Gasteiger partial charge in [0.15, 0.2) is 6.29 Å². The van der Waals surface area contributed by atoms with Crippen LogP contribution in [0.25, 0.3) is 28.2 Å². The number of nitrogens with one attached hydrogen (secondary N) is 2. The largest absolute Gasteiger partial charge is 0.494 e.